The van der Waals surface area contributed by atoms with Gasteiger partial charge in [-0.2, -0.15) is 10.1 Å². The molecular formula is C18H17F2N5. The summed E-state index contributed by atoms with van der Waals surface area (Å²) in [5.41, 5.74) is 1.70. The lowest BCUT2D eigenvalue weighted by molar-refractivity contribution is 0.590. The van der Waals surface area contributed by atoms with E-state index in [1.165, 1.54) is 12.3 Å². The van der Waals surface area contributed by atoms with Gasteiger partial charge in [0.1, 0.15) is 17.3 Å². The summed E-state index contributed by atoms with van der Waals surface area (Å²) in [7, 11) is 0. The molecule has 0 bridgehead atoms. The normalized spacial score (nSPS) is 10.8. The number of rotatable bonds is 5. The Morgan fingerprint density at radius 3 is 2.36 bits per heavy atom. The minimum absolute atomic E-state index is 0.00368. The van der Waals surface area contributed by atoms with Crippen molar-refractivity contribution in [3.63, 3.8) is 0 Å². The van der Waals surface area contributed by atoms with Crippen molar-refractivity contribution in [3.8, 4) is 0 Å². The van der Waals surface area contributed by atoms with E-state index in [9.17, 15) is 8.78 Å². The topological polar surface area (TPSA) is 62.7 Å². The van der Waals surface area contributed by atoms with Crippen molar-refractivity contribution in [2.24, 2.45) is 0 Å². The van der Waals surface area contributed by atoms with E-state index in [1.54, 1.807) is 0 Å². The number of halogens is 2. The van der Waals surface area contributed by atoms with Crippen LogP contribution in [0.1, 0.15) is 25.3 Å². The van der Waals surface area contributed by atoms with Crippen molar-refractivity contribution < 1.29 is 8.78 Å². The first-order valence-corrected chi connectivity index (χ1v) is 7.81. The predicted octanol–water partition coefficient (Wildman–Crippen LogP) is 4.76. The third-order valence-corrected chi connectivity index (χ3v) is 3.60. The van der Waals surface area contributed by atoms with Gasteiger partial charge in [-0.15, -0.1) is 5.10 Å². The minimum atomic E-state index is -0.730. The fraction of sp³-hybridized carbons (Fsp3) is 0.167. The summed E-state index contributed by atoms with van der Waals surface area (Å²) in [6, 6.07) is 11.4. The van der Waals surface area contributed by atoms with Crippen LogP contribution in [0.4, 0.5) is 31.9 Å². The molecule has 2 aromatic carbocycles. The molecule has 0 saturated heterocycles. The lowest BCUT2D eigenvalue weighted by Crippen LogP contribution is -2.05. The van der Waals surface area contributed by atoms with Crippen LogP contribution >= 0.6 is 0 Å². The quantitative estimate of drug-likeness (QED) is 0.700. The number of nitrogens with zero attached hydrogens (tertiary/aromatic N) is 3. The Bertz CT molecular complexity index is 863. The standard InChI is InChI=1S/C18H17F2N5/c1-11(2)12-6-3-4-9-15(12)22-16-10-21-25-18(23-16)24-17-13(19)7-5-8-14(17)20/h3-11H,1-2H3,(H2,22,23,24,25). The zero-order valence-corrected chi connectivity index (χ0v) is 13.8. The highest BCUT2D eigenvalue weighted by atomic mass is 19.1. The molecule has 128 valence electrons. The summed E-state index contributed by atoms with van der Waals surface area (Å²) in [6.45, 7) is 4.18. The number of aromatic nitrogens is 3. The highest BCUT2D eigenvalue weighted by molar-refractivity contribution is 5.62. The number of benzene rings is 2. The highest BCUT2D eigenvalue weighted by Gasteiger charge is 2.11. The lowest BCUT2D eigenvalue weighted by Gasteiger charge is -2.14. The van der Waals surface area contributed by atoms with Crippen LogP contribution in [0.3, 0.4) is 0 Å². The zero-order chi connectivity index (χ0) is 17.8. The molecule has 5 nitrogen and oxygen atoms in total. The van der Waals surface area contributed by atoms with Gasteiger partial charge in [0.15, 0.2) is 5.82 Å². The summed E-state index contributed by atoms with van der Waals surface area (Å²) in [5, 5.41) is 13.3. The molecule has 0 fully saturated rings. The van der Waals surface area contributed by atoms with E-state index in [0.717, 1.165) is 23.4 Å². The second-order valence-corrected chi connectivity index (χ2v) is 5.75. The first kappa shape index (κ1) is 16.8. The fourth-order valence-electron chi connectivity index (χ4n) is 2.40. The Morgan fingerprint density at radius 2 is 1.64 bits per heavy atom. The van der Waals surface area contributed by atoms with E-state index >= 15 is 0 Å². The van der Waals surface area contributed by atoms with E-state index in [0.29, 0.717) is 11.7 Å². The third kappa shape index (κ3) is 3.88. The van der Waals surface area contributed by atoms with Crippen LogP contribution in [-0.2, 0) is 0 Å². The van der Waals surface area contributed by atoms with E-state index in [4.69, 9.17) is 0 Å². The Labute approximate surface area is 144 Å². The number of para-hydroxylation sites is 2. The second kappa shape index (κ2) is 7.21. The van der Waals surface area contributed by atoms with Gasteiger partial charge in [0.05, 0.1) is 6.20 Å². The smallest absolute Gasteiger partial charge is 0.249 e. The second-order valence-electron chi connectivity index (χ2n) is 5.75. The van der Waals surface area contributed by atoms with E-state index in [1.807, 2.05) is 24.3 Å². The molecule has 0 radical (unpaired) electrons. The molecule has 25 heavy (non-hydrogen) atoms. The minimum Gasteiger partial charge on any atom is -0.339 e. The molecule has 0 aliphatic carbocycles. The van der Waals surface area contributed by atoms with Crippen molar-refractivity contribution in [2.75, 3.05) is 10.6 Å². The molecule has 3 aromatic rings. The summed E-state index contributed by atoms with van der Waals surface area (Å²) in [4.78, 5) is 4.22. The number of hydrogen-bond donors (Lipinski definition) is 2. The molecule has 3 rings (SSSR count). The lowest BCUT2D eigenvalue weighted by atomic mass is 10.0. The Morgan fingerprint density at radius 1 is 0.920 bits per heavy atom. The molecule has 0 saturated carbocycles. The SMILES string of the molecule is CC(C)c1ccccc1Nc1cnnc(Nc2c(F)cccc2F)n1. The molecule has 1 heterocycles. The van der Waals surface area contributed by atoms with Gasteiger partial charge in [-0.3, -0.25) is 0 Å². The van der Waals surface area contributed by atoms with Gasteiger partial charge in [-0.05, 0) is 29.7 Å². The first-order valence-electron chi connectivity index (χ1n) is 7.81. The Kier molecular flexibility index (Phi) is 4.83. The molecule has 7 heteroatoms. The number of hydrogen-bond acceptors (Lipinski definition) is 5. The van der Waals surface area contributed by atoms with Crippen molar-refractivity contribution in [3.05, 3.63) is 65.9 Å². The van der Waals surface area contributed by atoms with Crippen LogP contribution < -0.4 is 10.6 Å². The number of anilines is 4. The van der Waals surface area contributed by atoms with Crippen LogP contribution in [0.15, 0.2) is 48.7 Å². The van der Waals surface area contributed by atoms with Crippen molar-refractivity contribution in [1.29, 1.82) is 0 Å². The fourth-order valence-corrected chi connectivity index (χ4v) is 2.40. The average Bonchev–Trinajstić information content (AvgIpc) is 2.59. The van der Waals surface area contributed by atoms with Gasteiger partial charge in [0.2, 0.25) is 5.95 Å². The molecule has 0 atom stereocenters. The number of nitrogens with one attached hydrogen (secondary N) is 2. The molecule has 0 amide bonds. The van der Waals surface area contributed by atoms with Crippen molar-refractivity contribution in [1.82, 2.24) is 15.2 Å². The molecule has 0 aliphatic heterocycles. The predicted molar refractivity (Wildman–Crippen MR) is 93.3 cm³/mol. The van der Waals surface area contributed by atoms with Gasteiger partial charge in [0, 0.05) is 5.69 Å². The Balaban J connectivity index is 1.85. The van der Waals surface area contributed by atoms with E-state index in [-0.39, 0.29) is 11.6 Å². The average molecular weight is 341 g/mol. The summed E-state index contributed by atoms with van der Waals surface area (Å²) >= 11 is 0. The summed E-state index contributed by atoms with van der Waals surface area (Å²) in [5.74, 6) is -0.721. The molecule has 0 unspecified atom stereocenters. The van der Waals surface area contributed by atoms with Crippen LogP contribution in [0.2, 0.25) is 0 Å². The molecule has 1 aromatic heterocycles. The largest absolute Gasteiger partial charge is 0.339 e. The maximum atomic E-state index is 13.7. The molecule has 2 N–H and O–H groups in total. The summed E-state index contributed by atoms with van der Waals surface area (Å²) in [6.07, 6.45) is 1.44. The maximum Gasteiger partial charge on any atom is 0.249 e. The van der Waals surface area contributed by atoms with Gasteiger partial charge >= 0.3 is 0 Å². The van der Waals surface area contributed by atoms with Crippen LogP contribution in [0.25, 0.3) is 0 Å². The summed E-state index contributed by atoms with van der Waals surface area (Å²) < 4.78 is 27.5. The van der Waals surface area contributed by atoms with E-state index < -0.39 is 11.6 Å². The Hall–Kier alpha value is -3.09. The first-order chi connectivity index (χ1) is 12.0. The van der Waals surface area contributed by atoms with Crippen LogP contribution in [0.5, 0.6) is 0 Å². The van der Waals surface area contributed by atoms with Gasteiger partial charge in [-0.1, -0.05) is 38.1 Å². The highest BCUT2D eigenvalue weighted by Crippen LogP contribution is 2.26. The monoisotopic (exact) mass is 341 g/mol. The zero-order valence-electron chi connectivity index (χ0n) is 13.8. The van der Waals surface area contributed by atoms with E-state index in [2.05, 4.69) is 39.7 Å². The third-order valence-electron chi connectivity index (χ3n) is 3.60. The van der Waals surface area contributed by atoms with Crippen molar-refractivity contribution in [2.45, 2.75) is 19.8 Å². The van der Waals surface area contributed by atoms with Gasteiger partial charge in [0.25, 0.3) is 0 Å². The van der Waals surface area contributed by atoms with Gasteiger partial charge < -0.3 is 10.6 Å². The van der Waals surface area contributed by atoms with Crippen LogP contribution in [0, 0.1) is 11.6 Å². The van der Waals surface area contributed by atoms with Gasteiger partial charge in [-0.25, -0.2) is 8.78 Å². The maximum absolute atomic E-state index is 13.7. The molecule has 0 aliphatic rings. The molecule has 0 spiro atoms. The molecular weight excluding hydrogens is 324 g/mol. The van der Waals surface area contributed by atoms with Crippen LogP contribution in [-0.4, -0.2) is 15.2 Å². The van der Waals surface area contributed by atoms with Crippen molar-refractivity contribution >= 4 is 23.1 Å².